The molecule has 2 aromatic carbocycles. The van der Waals surface area contributed by atoms with Crippen LogP contribution in [-0.2, 0) is 9.53 Å². The zero-order valence-electron chi connectivity index (χ0n) is 17.5. The van der Waals surface area contributed by atoms with E-state index in [1.165, 1.54) is 11.8 Å². The molecule has 30 heavy (non-hydrogen) atoms. The number of nitrogens with zero attached hydrogens (tertiary/aromatic N) is 2. The summed E-state index contributed by atoms with van der Waals surface area (Å²) in [5.41, 5.74) is 1.62. The first-order chi connectivity index (χ1) is 14.7. The number of ether oxygens (including phenoxy) is 3. The number of amidine groups is 1. The minimum atomic E-state index is -0.0944. The van der Waals surface area contributed by atoms with E-state index in [-0.39, 0.29) is 5.91 Å². The zero-order chi connectivity index (χ0) is 21.3. The molecule has 0 saturated carbocycles. The summed E-state index contributed by atoms with van der Waals surface area (Å²) >= 11 is 1.35. The monoisotopic (exact) mass is 426 g/mol. The van der Waals surface area contributed by atoms with Crippen molar-refractivity contribution in [1.82, 2.24) is 4.90 Å². The highest BCUT2D eigenvalue weighted by molar-refractivity contribution is 8.18. The van der Waals surface area contributed by atoms with Crippen LogP contribution in [0.3, 0.4) is 0 Å². The number of carbonyl (C=O) groups is 1. The van der Waals surface area contributed by atoms with E-state index >= 15 is 0 Å². The maximum Gasteiger partial charge on any atom is 0.266 e. The lowest BCUT2D eigenvalue weighted by molar-refractivity contribution is -0.122. The second-order valence-electron chi connectivity index (χ2n) is 6.36. The highest BCUT2D eigenvalue weighted by Gasteiger charge is 2.33. The Bertz CT molecular complexity index is 928. The largest absolute Gasteiger partial charge is 0.494 e. The lowest BCUT2D eigenvalue weighted by atomic mass is 10.1. The normalized spacial score (nSPS) is 16.5. The molecule has 1 saturated heterocycles. The molecule has 0 bridgehead atoms. The molecule has 1 heterocycles. The highest BCUT2D eigenvalue weighted by Crippen LogP contribution is 2.36. The second-order valence-corrected chi connectivity index (χ2v) is 7.36. The molecule has 7 heteroatoms. The van der Waals surface area contributed by atoms with E-state index in [0.717, 1.165) is 17.0 Å². The van der Waals surface area contributed by atoms with Gasteiger partial charge in [0.05, 0.1) is 37.0 Å². The molecule has 0 aliphatic carbocycles. The first kappa shape index (κ1) is 21.9. The van der Waals surface area contributed by atoms with Gasteiger partial charge in [-0.15, -0.1) is 0 Å². The zero-order valence-corrected chi connectivity index (χ0v) is 18.3. The molecule has 0 aromatic heterocycles. The summed E-state index contributed by atoms with van der Waals surface area (Å²) in [5.74, 6) is 1.32. The van der Waals surface area contributed by atoms with E-state index in [0.29, 0.717) is 42.2 Å². The van der Waals surface area contributed by atoms with Gasteiger partial charge >= 0.3 is 0 Å². The molecule has 6 nitrogen and oxygen atoms in total. The van der Waals surface area contributed by atoms with Crippen molar-refractivity contribution in [1.29, 1.82) is 0 Å². The Morgan fingerprint density at radius 3 is 2.53 bits per heavy atom. The Kier molecular flexibility index (Phi) is 7.93. The molecule has 0 atom stereocenters. The van der Waals surface area contributed by atoms with Gasteiger partial charge in [-0.1, -0.05) is 18.2 Å². The lowest BCUT2D eigenvalue weighted by Crippen LogP contribution is -2.32. The molecule has 1 fully saturated rings. The third-order valence-corrected chi connectivity index (χ3v) is 5.28. The van der Waals surface area contributed by atoms with Gasteiger partial charge in [-0.3, -0.25) is 9.69 Å². The van der Waals surface area contributed by atoms with Crippen molar-refractivity contribution in [2.75, 3.05) is 33.5 Å². The van der Waals surface area contributed by atoms with Crippen LogP contribution in [0, 0.1) is 0 Å². The van der Waals surface area contributed by atoms with E-state index in [1.54, 1.807) is 12.0 Å². The van der Waals surface area contributed by atoms with E-state index in [9.17, 15) is 4.79 Å². The first-order valence-electron chi connectivity index (χ1n) is 9.90. The van der Waals surface area contributed by atoms with Crippen LogP contribution >= 0.6 is 11.8 Å². The van der Waals surface area contributed by atoms with Gasteiger partial charge in [-0.05, 0) is 56.0 Å². The summed E-state index contributed by atoms with van der Waals surface area (Å²) in [6.07, 6.45) is 1.85. The number of carbonyl (C=O) groups excluding carboxylic acids is 1. The molecule has 0 N–H and O–H groups in total. The minimum absolute atomic E-state index is 0.0944. The van der Waals surface area contributed by atoms with Gasteiger partial charge in [-0.2, -0.15) is 0 Å². The Morgan fingerprint density at radius 2 is 1.83 bits per heavy atom. The van der Waals surface area contributed by atoms with E-state index < -0.39 is 0 Å². The number of rotatable bonds is 9. The molecular formula is C23H26N2O4S. The van der Waals surface area contributed by atoms with Crippen molar-refractivity contribution >= 4 is 34.6 Å². The third-order valence-electron chi connectivity index (χ3n) is 4.27. The number of hydrogen-bond donors (Lipinski definition) is 0. The summed E-state index contributed by atoms with van der Waals surface area (Å²) in [6.45, 7) is 5.83. The fraction of sp³-hybridized carbons (Fsp3) is 0.304. The average Bonchev–Trinajstić information content (AvgIpc) is 3.03. The maximum atomic E-state index is 13.1. The number of amides is 1. The van der Waals surface area contributed by atoms with Crippen LogP contribution in [0.5, 0.6) is 11.5 Å². The summed E-state index contributed by atoms with van der Waals surface area (Å²) in [7, 11) is 1.62. The number of thioether (sulfide) groups is 1. The molecule has 2 aromatic rings. The summed E-state index contributed by atoms with van der Waals surface area (Å²) in [5, 5.41) is 0.637. The number of hydrogen-bond acceptors (Lipinski definition) is 6. The van der Waals surface area contributed by atoms with Crippen molar-refractivity contribution < 1.29 is 19.0 Å². The molecule has 1 amide bonds. The topological polar surface area (TPSA) is 60.4 Å². The average molecular weight is 427 g/mol. The van der Waals surface area contributed by atoms with Crippen LogP contribution in [0.1, 0.15) is 19.4 Å². The molecular weight excluding hydrogens is 400 g/mol. The van der Waals surface area contributed by atoms with Crippen LogP contribution in [0.15, 0.2) is 58.4 Å². The van der Waals surface area contributed by atoms with Gasteiger partial charge in [0.25, 0.3) is 5.91 Å². The number of aliphatic imine (C=N–C) groups is 1. The number of para-hydroxylation sites is 1. The molecule has 3 rings (SSSR count). The van der Waals surface area contributed by atoms with Crippen LogP contribution < -0.4 is 9.47 Å². The smallest absolute Gasteiger partial charge is 0.266 e. The maximum absolute atomic E-state index is 13.1. The quantitative estimate of drug-likeness (QED) is 0.542. The van der Waals surface area contributed by atoms with Gasteiger partial charge in [0.2, 0.25) is 0 Å². The standard InChI is InChI=1S/C23H26N2O4S/c1-4-28-19-12-11-17(20(16-19)29-5-2)15-21-22(26)25(13-14-27-3)23(30-21)24-18-9-7-6-8-10-18/h6-12,15-16H,4-5,13-14H2,1-3H3/b21-15-,24-23?. The second kappa shape index (κ2) is 10.8. The van der Waals surface area contributed by atoms with Gasteiger partial charge in [-0.25, -0.2) is 4.99 Å². The first-order valence-corrected chi connectivity index (χ1v) is 10.7. The fourth-order valence-corrected chi connectivity index (χ4v) is 3.91. The minimum Gasteiger partial charge on any atom is -0.494 e. The van der Waals surface area contributed by atoms with Crippen molar-refractivity contribution in [3.63, 3.8) is 0 Å². The van der Waals surface area contributed by atoms with Crippen LogP contribution in [0.4, 0.5) is 5.69 Å². The Hall–Kier alpha value is -2.77. The van der Waals surface area contributed by atoms with Crippen LogP contribution in [-0.4, -0.2) is 49.4 Å². The van der Waals surface area contributed by atoms with Gasteiger partial charge in [0.15, 0.2) is 5.17 Å². The van der Waals surface area contributed by atoms with Gasteiger partial charge in [0, 0.05) is 18.7 Å². The molecule has 0 spiro atoms. The third kappa shape index (κ3) is 5.43. The van der Waals surface area contributed by atoms with Crippen LogP contribution in [0.25, 0.3) is 6.08 Å². The number of methoxy groups -OCH3 is 1. The lowest BCUT2D eigenvalue weighted by Gasteiger charge is -2.14. The van der Waals surface area contributed by atoms with Crippen LogP contribution in [0.2, 0.25) is 0 Å². The summed E-state index contributed by atoms with van der Waals surface area (Å²) in [6, 6.07) is 15.2. The Morgan fingerprint density at radius 1 is 1.07 bits per heavy atom. The summed E-state index contributed by atoms with van der Waals surface area (Å²) in [4.78, 5) is 20.0. The Balaban J connectivity index is 1.94. The van der Waals surface area contributed by atoms with Crippen molar-refractivity contribution in [3.05, 3.63) is 59.0 Å². The van der Waals surface area contributed by atoms with E-state index in [1.807, 2.05) is 68.5 Å². The highest BCUT2D eigenvalue weighted by atomic mass is 32.2. The molecule has 0 radical (unpaired) electrons. The predicted molar refractivity (Wildman–Crippen MR) is 121 cm³/mol. The summed E-state index contributed by atoms with van der Waals surface area (Å²) < 4.78 is 16.5. The Labute approximate surface area is 181 Å². The van der Waals surface area contributed by atoms with Crippen molar-refractivity contribution in [2.45, 2.75) is 13.8 Å². The SMILES string of the molecule is CCOc1ccc(/C=C2\SC(=Nc3ccccc3)N(CCOC)C2=O)c(OCC)c1. The van der Waals surface area contributed by atoms with E-state index in [4.69, 9.17) is 14.2 Å². The van der Waals surface area contributed by atoms with Gasteiger partial charge < -0.3 is 14.2 Å². The molecule has 1 aliphatic rings. The number of benzene rings is 2. The molecule has 1 aliphatic heterocycles. The van der Waals surface area contributed by atoms with Gasteiger partial charge in [0.1, 0.15) is 11.5 Å². The molecule has 158 valence electrons. The molecule has 0 unspecified atom stereocenters. The van der Waals surface area contributed by atoms with Crippen molar-refractivity contribution in [2.24, 2.45) is 4.99 Å². The fourth-order valence-electron chi connectivity index (χ4n) is 2.90. The van der Waals surface area contributed by atoms with E-state index in [2.05, 4.69) is 4.99 Å². The van der Waals surface area contributed by atoms with Crippen molar-refractivity contribution in [3.8, 4) is 11.5 Å². The predicted octanol–water partition coefficient (Wildman–Crippen LogP) is 4.73.